The first-order valence-electron chi connectivity index (χ1n) is 4.68. The second-order valence-electron chi connectivity index (χ2n) is 3.22. The fraction of sp³-hybridized carbons (Fsp3) is 0.364. The van der Waals surface area contributed by atoms with Crippen molar-refractivity contribution in [3.8, 4) is 0 Å². The van der Waals surface area contributed by atoms with Crippen LogP contribution >= 0.6 is 11.6 Å². The minimum Gasteiger partial charge on any atom is -0.372 e. The highest BCUT2D eigenvalue weighted by atomic mass is 35.5. The zero-order valence-corrected chi connectivity index (χ0v) is 9.54. The van der Waals surface area contributed by atoms with Crippen LogP contribution in [0.2, 0.25) is 5.02 Å². The molecule has 3 nitrogen and oxygen atoms in total. The van der Waals surface area contributed by atoms with Crippen LogP contribution in [0.1, 0.15) is 12.5 Å². The van der Waals surface area contributed by atoms with E-state index in [9.17, 15) is 4.79 Å². The number of carbonyl (C=O) groups excluding carboxylic acids is 1. The lowest BCUT2D eigenvalue weighted by Crippen LogP contribution is -2.33. The topological polar surface area (TPSA) is 38.3 Å². The van der Waals surface area contributed by atoms with Crippen LogP contribution in [-0.4, -0.2) is 19.1 Å². The van der Waals surface area contributed by atoms with E-state index in [2.05, 4.69) is 5.32 Å². The van der Waals surface area contributed by atoms with Gasteiger partial charge in [-0.1, -0.05) is 23.7 Å². The lowest BCUT2D eigenvalue weighted by atomic mass is 10.2. The molecular formula is C11H14ClNO2. The SMILES string of the molecule is COC(C)C(=O)NCc1ccc(Cl)cc1. The second-order valence-corrected chi connectivity index (χ2v) is 3.66. The molecule has 0 saturated carbocycles. The van der Waals surface area contributed by atoms with Crippen molar-refractivity contribution in [2.75, 3.05) is 7.11 Å². The molecule has 0 saturated heterocycles. The van der Waals surface area contributed by atoms with Gasteiger partial charge in [-0.3, -0.25) is 4.79 Å². The Morgan fingerprint density at radius 2 is 2.07 bits per heavy atom. The number of methoxy groups -OCH3 is 1. The summed E-state index contributed by atoms with van der Waals surface area (Å²) in [6.07, 6.45) is -0.419. The first kappa shape index (κ1) is 12.0. The Hall–Kier alpha value is -1.06. The summed E-state index contributed by atoms with van der Waals surface area (Å²) in [5.74, 6) is -0.118. The van der Waals surface area contributed by atoms with Crippen molar-refractivity contribution in [3.63, 3.8) is 0 Å². The molecule has 0 aliphatic rings. The first-order valence-corrected chi connectivity index (χ1v) is 5.06. The number of carbonyl (C=O) groups is 1. The predicted molar refractivity (Wildman–Crippen MR) is 59.8 cm³/mol. The fourth-order valence-corrected chi connectivity index (χ4v) is 1.17. The molecule has 0 aliphatic heterocycles. The summed E-state index contributed by atoms with van der Waals surface area (Å²) in [6.45, 7) is 2.20. The monoisotopic (exact) mass is 227 g/mol. The number of ether oxygens (including phenoxy) is 1. The average molecular weight is 228 g/mol. The summed E-state index contributed by atoms with van der Waals surface area (Å²) in [6, 6.07) is 7.34. The predicted octanol–water partition coefficient (Wildman–Crippen LogP) is 1.99. The number of benzene rings is 1. The minimum absolute atomic E-state index is 0.118. The lowest BCUT2D eigenvalue weighted by molar-refractivity contribution is -0.130. The van der Waals surface area contributed by atoms with Crippen molar-refractivity contribution in [1.29, 1.82) is 0 Å². The highest BCUT2D eigenvalue weighted by molar-refractivity contribution is 6.30. The number of hydrogen-bond acceptors (Lipinski definition) is 2. The van der Waals surface area contributed by atoms with E-state index in [0.717, 1.165) is 5.56 Å². The third kappa shape index (κ3) is 3.90. The van der Waals surface area contributed by atoms with Gasteiger partial charge in [-0.05, 0) is 24.6 Å². The molecule has 1 aromatic rings. The van der Waals surface area contributed by atoms with Gasteiger partial charge >= 0.3 is 0 Å². The molecule has 4 heteroatoms. The molecule has 1 aromatic carbocycles. The average Bonchev–Trinajstić information content (AvgIpc) is 2.26. The van der Waals surface area contributed by atoms with Gasteiger partial charge in [-0.15, -0.1) is 0 Å². The third-order valence-corrected chi connectivity index (χ3v) is 2.35. The van der Waals surface area contributed by atoms with Crippen molar-refractivity contribution in [2.45, 2.75) is 19.6 Å². The highest BCUT2D eigenvalue weighted by Gasteiger charge is 2.10. The molecule has 0 aliphatic carbocycles. The van der Waals surface area contributed by atoms with Gasteiger partial charge in [0.2, 0.25) is 5.91 Å². The Morgan fingerprint density at radius 3 is 2.60 bits per heavy atom. The number of hydrogen-bond donors (Lipinski definition) is 1. The molecule has 0 spiro atoms. The molecule has 0 bridgehead atoms. The number of amides is 1. The van der Waals surface area contributed by atoms with Gasteiger partial charge < -0.3 is 10.1 Å². The summed E-state index contributed by atoms with van der Waals surface area (Å²) in [5.41, 5.74) is 1.01. The van der Waals surface area contributed by atoms with E-state index in [1.807, 2.05) is 12.1 Å². The summed E-state index contributed by atoms with van der Waals surface area (Å²) < 4.78 is 4.89. The van der Waals surface area contributed by atoms with E-state index >= 15 is 0 Å². The molecule has 0 heterocycles. The first-order chi connectivity index (χ1) is 7.13. The van der Waals surface area contributed by atoms with Gasteiger partial charge in [0.1, 0.15) is 6.10 Å². The van der Waals surface area contributed by atoms with Crippen LogP contribution in [0.25, 0.3) is 0 Å². The third-order valence-electron chi connectivity index (χ3n) is 2.10. The van der Waals surface area contributed by atoms with E-state index in [0.29, 0.717) is 11.6 Å². The molecule has 1 amide bonds. The number of nitrogens with one attached hydrogen (secondary N) is 1. The standard InChI is InChI=1S/C11H14ClNO2/c1-8(15-2)11(14)13-7-9-3-5-10(12)6-4-9/h3-6,8H,7H2,1-2H3,(H,13,14). The van der Waals surface area contributed by atoms with E-state index in [1.165, 1.54) is 7.11 Å². The zero-order valence-electron chi connectivity index (χ0n) is 8.79. The molecule has 0 aromatic heterocycles. The maximum absolute atomic E-state index is 11.4. The molecule has 1 N–H and O–H groups in total. The van der Waals surface area contributed by atoms with Crippen molar-refractivity contribution in [2.24, 2.45) is 0 Å². The Labute approximate surface area is 94.4 Å². The van der Waals surface area contributed by atoms with Crippen molar-refractivity contribution >= 4 is 17.5 Å². The van der Waals surface area contributed by atoms with Crippen molar-refractivity contribution in [3.05, 3.63) is 34.9 Å². The Kier molecular flexibility index (Phi) is 4.59. The molecule has 82 valence electrons. The molecule has 1 rings (SSSR count). The summed E-state index contributed by atoms with van der Waals surface area (Å²) in [5, 5.41) is 3.45. The molecule has 1 atom stereocenters. The van der Waals surface area contributed by atoms with Gasteiger partial charge in [-0.2, -0.15) is 0 Å². The highest BCUT2D eigenvalue weighted by Crippen LogP contribution is 2.09. The van der Waals surface area contributed by atoms with Gasteiger partial charge in [0, 0.05) is 18.7 Å². The second kappa shape index (κ2) is 5.73. The maximum atomic E-state index is 11.4. The Morgan fingerprint density at radius 1 is 1.47 bits per heavy atom. The zero-order chi connectivity index (χ0) is 11.3. The van der Waals surface area contributed by atoms with Crippen molar-refractivity contribution < 1.29 is 9.53 Å². The van der Waals surface area contributed by atoms with E-state index in [1.54, 1.807) is 19.1 Å². The minimum atomic E-state index is -0.419. The maximum Gasteiger partial charge on any atom is 0.249 e. The van der Waals surface area contributed by atoms with Crippen LogP contribution in [-0.2, 0) is 16.1 Å². The van der Waals surface area contributed by atoms with Crippen LogP contribution in [0.4, 0.5) is 0 Å². The molecule has 0 fully saturated rings. The number of halogens is 1. The van der Waals surface area contributed by atoms with Gasteiger partial charge in [-0.25, -0.2) is 0 Å². The van der Waals surface area contributed by atoms with E-state index < -0.39 is 6.10 Å². The molecule has 1 unspecified atom stereocenters. The summed E-state index contributed by atoms with van der Waals surface area (Å²) >= 11 is 5.74. The molecule has 15 heavy (non-hydrogen) atoms. The normalized spacial score (nSPS) is 12.2. The van der Waals surface area contributed by atoms with Gasteiger partial charge in [0.05, 0.1) is 0 Å². The quantitative estimate of drug-likeness (QED) is 0.855. The van der Waals surface area contributed by atoms with Crippen LogP contribution in [0, 0.1) is 0 Å². The van der Waals surface area contributed by atoms with Crippen LogP contribution in [0.5, 0.6) is 0 Å². The Bertz CT molecular complexity index is 324. The number of rotatable bonds is 4. The largest absolute Gasteiger partial charge is 0.372 e. The van der Waals surface area contributed by atoms with Gasteiger partial charge in [0.15, 0.2) is 0 Å². The van der Waals surface area contributed by atoms with Crippen LogP contribution in [0.3, 0.4) is 0 Å². The van der Waals surface area contributed by atoms with Crippen molar-refractivity contribution in [1.82, 2.24) is 5.32 Å². The van der Waals surface area contributed by atoms with Crippen LogP contribution < -0.4 is 5.32 Å². The lowest BCUT2D eigenvalue weighted by Gasteiger charge is -2.10. The Balaban J connectivity index is 2.43. The summed E-state index contributed by atoms with van der Waals surface area (Å²) in [7, 11) is 1.51. The van der Waals surface area contributed by atoms with Gasteiger partial charge in [0.25, 0.3) is 0 Å². The fourth-order valence-electron chi connectivity index (χ4n) is 1.04. The molecular weight excluding hydrogens is 214 g/mol. The van der Waals surface area contributed by atoms with Crippen LogP contribution in [0.15, 0.2) is 24.3 Å². The van der Waals surface area contributed by atoms with E-state index in [-0.39, 0.29) is 5.91 Å². The smallest absolute Gasteiger partial charge is 0.249 e. The summed E-state index contributed by atoms with van der Waals surface area (Å²) in [4.78, 5) is 11.4. The molecule has 0 radical (unpaired) electrons. The van der Waals surface area contributed by atoms with E-state index in [4.69, 9.17) is 16.3 Å².